The zero-order chi connectivity index (χ0) is 13.0. The van der Waals surface area contributed by atoms with E-state index in [0.717, 1.165) is 12.5 Å². The number of rotatable bonds is 5. The van der Waals surface area contributed by atoms with Gasteiger partial charge in [-0.1, -0.05) is 0 Å². The zero-order valence-electron chi connectivity index (χ0n) is 11.8. The van der Waals surface area contributed by atoms with Crippen molar-refractivity contribution < 1.29 is 0 Å². The molecule has 0 aliphatic carbocycles. The number of aromatic nitrogens is 2. The molecule has 4 heteroatoms. The standard InChI is InChI=1S/C14H26N4/c1-12(11-18-8-4-7-15-18)16-13(2)14-5-9-17(3)10-6-14/h4,7-8,12-14,16H,5-6,9-11H2,1-3H3. The topological polar surface area (TPSA) is 33.1 Å². The maximum atomic E-state index is 4.26. The molecule has 102 valence electrons. The average molecular weight is 250 g/mol. The molecule has 0 saturated carbocycles. The van der Waals surface area contributed by atoms with Crippen LogP contribution in [0, 0.1) is 5.92 Å². The van der Waals surface area contributed by atoms with Crippen LogP contribution in [0.1, 0.15) is 26.7 Å². The van der Waals surface area contributed by atoms with Crippen LogP contribution < -0.4 is 5.32 Å². The van der Waals surface area contributed by atoms with Crippen molar-refractivity contribution in [1.82, 2.24) is 20.0 Å². The van der Waals surface area contributed by atoms with Crippen molar-refractivity contribution in [2.24, 2.45) is 5.92 Å². The average Bonchev–Trinajstić information content (AvgIpc) is 2.82. The Morgan fingerprint density at radius 2 is 2.06 bits per heavy atom. The van der Waals surface area contributed by atoms with Crippen LogP contribution >= 0.6 is 0 Å². The lowest BCUT2D eigenvalue weighted by Crippen LogP contribution is -2.45. The molecule has 2 heterocycles. The Hall–Kier alpha value is -0.870. The largest absolute Gasteiger partial charge is 0.310 e. The first kappa shape index (κ1) is 13.6. The van der Waals surface area contributed by atoms with Crippen molar-refractivity contribution in [3.8, 4) is 0 Å². The highest BCUT2D eigenvalue weighted by molar-refractivity contribution is 4.82. The summed E-state index contributed by atoms with van der Waals surface area (Å²) in [6.45, 7) is 8.00. The minimum atomic E-state index is 0.472. The minimum absolute atomic E-state index is 0.472. The third-order valence-corrected chi connectivity index (χ3v) is 4.04. The Bertz CT molecular complexity index is 328. The molecule has 0 bridgehead atoms. The first-order chi connectivity index (χ1) is 8.65. The molecule has 1 aliphatic rings. The number of piperidine rings is 1. The molecule has 0 amide bonds. The van der Waals surface area contributed by atoms with Crippen LogP contribution in [0.25, 0.3) is 0 Å². The monoisotopic (exact) mass is 250 g/mol. The van der Waals surface area contributed by atoms with Gasteiger partial charge in [-0.05, 0) is 58.8 Å². The van der Waals surface area contributed by atoms with Gasteiger partial charge >= 0.3 is 0 Å². The smallest absolute Gasteiger partial charge is 0.0560 e. The molecule has 0 spiro atoms. The molecule has 1 aliphatic heterocycles. The molecular formula is C14H26N4. The van der Waals surface area contributed by atoms with Gasteiger partial charge in [0, 0.05) is 24.5 Å². The van der Waals surface area contributed by atoms with Crippen molar-refractivity contribution in [1.29, 1.82) is 0 Å². The van der Waals surface area contributed by atoms with E-state index in [0.29, 0.717) is 12.1 Å². The first-order valence-electron chi connectivity index (χ1n) is 7.07. The Balaban J connectivity index is 1.74. The second kappa shape index (κ2) is 6.34. The fourth-order valence-electron chi connectivity index (χ4n) is 2.86. The van der Waals surface area contributed by atoms with E-state index < -0.39 is 0 Å². The van der Waals surface area contributed by atoms with Crippen LogP contribution in [-0.2, 0) is 6.54 Å². The van der Waals surface area contributed by atoms with Crippen molar-refractivity contribution in [2.45, 2.75) is 45.3 Å². The number of hydrogen-bond donors (Lipinski definition) is 1. The van der Waals surface area contributed by atoms with Crippen molar-refractivity contribution in [3.63, 3.8) is 0 Å². The van der Waals surface area contributed by atoms with Gasteiger partial charge in [0.1, 0.15) is 0 Å². The number of hydrogen-bond acceptors (Lipinski definition) is 3. The Labute approximate surface area is 110 Å². The second-order valence-corrected chi connectivity index (χ2v) is 5.73. The van der Waals surface area contributed by atoms with Gasteiger partial charge in [0.2, 0.25) is 0 Å². The summed E-state index contributed by atoms with van der Waals surface area (Å²) in [4.78, 5) is 2.43. The van der Waals surface area contributed by atoms with Crippen molar-refractivity contribution in [3.05, 3.63) is 18.5 Å². The maximum absolute atomic E-state index is 4.26. The summed E-state index contributed by atoms with van der Waals surface area (Å²) < 4.78 is 2.00. The highest BCUT2D eigenvalue weighted by Crippen LogP contribution is 2.19. The molecule has 2 atom stereocenters. The fourth-order valence-corrected chi connectivity index (χ4v) is 2.86. The summed E-state index contributed by atoms with van der Waals surface area (Å²) in [5.41, 5.74) is 0. The Kier molecular flexibility index (Phi) is 4.78. The summed E-state index contributed by atoms with van der Waals surface area (Å²) >= 11 is 0. The number of nitrogens with one attached hydrogen (secondary N) is 1. The third kappa shape index (κ3) is 3.82. The maximum Gasteiger partial charge on any atom is 0.0560 e. The number of nitrogens with zero attached hydrogens (tertiary/aromatic N) is 3. The van der Waals surface area contributed by atoms with Crippen LogP contribution in [0.4, 0.5) is 0 Å². The summed E-state index contributed by atoms with van der Waals surface area (Å²) in [5.74, 6) is 0.821. The summed E-state index contributed by atoms with van der Waals surface area (Å²) in [7, 11) is 2.22. The van der Waals surface area contributed by atoms with Gasteiger partial charge in [0.05, 0.1) is 6.54 Å². The zero-order valence-corrected chi connectivity index (χ0v) is 11.8. The van der Waals surface area contributed by atoms with Crippen LogP contribution in [-0.4, -0.2) is 46.9 Å². The van der Waals surface area contributed by atoms with E-state index >= 15 is 0 Å². The van der Waals surface area contributed by atoms with Gasteiger partial charge in [-0.25, -0.2) is 0 Å². The number of likely N-dealkylation sites (tertiary alicyclic amines) is 1. The predicted octanol–water partition coefficient (Wildman–Crippen LogP) is 1.59. The van der Waals surface area contributed by atoms with E-state index in [4.69, 9.17) is 0 Å². The Morgan fingerprint density at radius 1 is 1.33 bits per heavy atom. The molecular weight excluding hydrogens is 224 g/mol. The molecule has 1 aromatic rings. The summed E-state index contributed by atoms with van der Waals surface area (Å²) in [5, 5.41) is 7.98. The molecule has 0 radical (unpaired) electrons. The van der Waals surface area contributed by atoms with Gasteiger partial charge in [-0.2, -0.15) is 5.10 Å². The Morgan fingerprint density at radius 3 is 2.67 bits per heavy atom. The lowest BCUT2D eigenvalue weighted by atomic mass is 9.90. The molecule has 2 unspecified atom stereocenters. The minimum Gasteiger partial charge on any atom is -0.310 e. The van der Waals surface area contributed by atoms with Gasteiger partial charge in [-0.3, -0.25) is 4.68 Å². The SMILES string of the molecule is CC(Cn1cccn1)NC(C)C1CCN(C)CC1. The van der Waals surface area contributed by atoms with Crippen LogP contribution in [0.15, 0.2) is 18.5 Å². The molecule has 0 aromatic carbocycles. The van der Waals surface area contributed by atoms with E-state index in [1.54, 1.807) is 0 Å². The molecule has 1 saturated heterocycles. The van der Waals surface area contributed by atoms with E-state index in [-0.39, 0.29) is 0 Å². The quantitative estimate of drug-likeness (QED) is 0.861. The lowest BCUT2D eigenvalue weighted by Gasteiger charge is -2.34. The lowest BCUT2D eigenvalue weighted by molar-refractivity contribution is 0.183. The summed E-state index contributed by atoms with van der Waals surface area (Å²) in [6.07, 6.45) is 6.50. The van der Waals surface area contributed by atoms with Gasteiger partial charge < -0.3 is 10.2 Å². The normalized spacial score (nSPS) is 21.9. The van der Waals surface area contributed by atoms with Gasteiger partial charge in [-0.15, -0.1) is 0 Å². The molecule has 1 N–H and O–H groups in total. The summed E-state index contributed by atoms with van der Waals surface area (Å²) in [6, 6.07) is 3.05. The van der Waals surface area contributed by atoms with E-state index in [1.165, 1.54) is 25.9 Å². The highest BCUT2D eigenvalue weighted by Gasteiger charge is 2.23. The van der Waals surface area contributed by atoms with Gasteiger partial charge in [0.25, 0.3) is 0 Å². The molecule has 4 nitrogen and oxygen atoms in total. The van der Waals surface area contributed by atoms with Crippen LogP contribution in [0.3, 0.4) is 0 Å². The molecule has 2 rings (SSSR count). The third-order valence-electron chi connectivity index (χ3n) is 4.04. The highest BCUT2D eigenvalue weighted by atomic mass is 15.3. The van der Waals surface area contributed by atoms with Crippen molar-refractivity contribution in [2.75, 3.05) is 20.1 Å². The van der Waals surface area contributed by atoms with Crippen molar-refractivity contribution >= 4 is 0 Å². The second-order valence-electron chi connectivity index (χ2n) is 5.73. The fraction of sp³-hybridized carbons (Fsp3) is 0.786. The molecule has 1 aromatic heterocycles. The van der Waals surface area contributed by atoms with E-state index in [9.17, 15) is 0 Å². The first-order valence-corrected chi connectivity index (χ1v) is 7.07. The predicted molar refractivity (Wildman–Crippen MR) is 74.5 cm³/mol. The van der Waals surface area contributed by atoms with Crippen LogP contribution in [0.5, 0.6) is 0 Å². The van der Waals surface area contributed by atoms with Gasteiger partial charge in [0.15, 0.2) is 0 Å². The van der Waals surface area contributed by atoms with Crippen LogP contribution in [0.2, 0.25) is 0 Å². The molecule has 18 heavy (non-hydrogen) atoms. The van der Waals surface area contributed by atoms with E-state index in [2.05, 4.69) is 36.2 Å². The molecule has 1 fully saturated rings. The van der Waals surface area contributed by atoms with E-state index in [1.807, 2.05) is 23.1 Å².